The Morgan fingerprint density at radius 2 is 0.667 bits per heavy atom. The number of rotatable bonds is 5. The zero-order chi connectivity index (χ0) is 33.8. The summed E-state index contributed by atoms with van der Waals surface area (Å²) in [6.45, 7) is 0. The van der Waals surface area contributed by atoms with Crippen molar-refractivity contribution in [3.05, 3.63) is 229 Å². The predicted octanol–water partition coefficient (Wildman–Crippen LogP) is 13.4. The molecule has 0 heteroatoms. The minimum atomic E-state index is -0.412. The summed E-state index contributed by atoms with van der Waals surface area (Å²) in [4.78, 5) is 0. The summed E-state index contributed by atoms with van der Waals surface area (Å²) < 4.78 is 0. The highest BCUT2D eigenvalue weighted by molar-refractivity contribution is 6.21. The SMILES string of the molecule is c1ccc(-c2cccc(-c3c4ccccc4c(-c4ccc(C5(c6ccccc6)c6ccccc6-c6ccccc65)cc4)c4ccccc34)c2)cc1. The third-order valence-electron chi connectivity index (χ3n) is 11.0. The lowest BCUT2D eigenvalue weighted by Crippen LogP contribution is -2.28. The lowest BCUT2D eigenvalue weighted by atomic mass is 9.67. The van der Waals surface area contributed by atoms with Crippen molar-refractivity contribution in [2.45, 2.75) is 5.41 Å². The zero-order valence-corrected chi connectivity index (χ0v) is 28.1. The van der Waals surface area contributed by atoms with Gasteiger partial charge in [-0.1, -0.05) is 200 Å². The van der Waals surface area contributed by atoms with Crippen molar-refractivity contribution < 1.29 is 0 Å². The molecule has 0 radical (unpaired) electrons. The van der Waals surface area contributed by atoms with Crippen molar-refractivity contribution in [3.63, 3.8) is 0 Å². The average molecular weight is 647 g/mol. The first-order valence-corrected chi connectivity index (χ1v) is 17.8. The molecule has 10 rings (SSSR count). The van der Waals surface area contributed by atoms with Crippen LogP contribution in [0.4, 0.5) is 0 Å². The fourth-order valence-corrected chi connectivity index (χ4v) is 8.83. The molecule has 0 aliphatic heterocycles. The van der Waals surface area contributed by atoms with Crippen LogP contribution in [-0.4, -0.2) is 0 Å². The summed E-state index contributed by atoms with van der Waals surface area (Å²) in [7, 11) is 0. The first kappa shape index (κ1) is 29.4. The molecule has 0 saturated heterocycles. The van der Waals surface area contributed by atoms with E-state index in [1.165, 1.54) is 88.3 Å². The van der Waals surface area contributed by atoms with Gasteiger partial charge in [-0.05, 0) is 94.4 Å². The van der Waals surface area contributed by atoms with E-state index in [1.54, 1.807) is 0 Å². The molecule has 1 aliphatic carbocycles. The Morgan fingerprint density at radius 3 is 1.24 bits per heavy atom. The van der Waals surface area contributed by atoms with Crippen LogP contribution in [0.5, 0.6) is 0 Å². The van der Waals surface area contributed by atoms with E-state index in [0.717, 1.165) is 0 Å². The van der Waals surface area contributed by atoms with Gasteiger partial charge >= 0.3 is 0 Å². The lowest BCUT2D eigenvalue weighted by molar-refractivity contribution is 0.768. The molecule has 51 heavy (non-hydrogen) atoms. The van der Waals surface area contributed by atoms with Gasteiger partial charge < -0.3 is 0 Å². The molecule has 0 N–H and O–H groups in total. The van der Waals surface area contributed by atoms with Gasteiger partial charge in [-0.3, -0.25) is 0 Å². The molecule has 0 saturated carbocycles. The van der Waals surface area contributed by atoms with Crippen LogP contribution >= 0.6 is 0 Å². The second kappa shape index (κ2) is 11.8. The highest BCUT2D eigenvalue weighted by atomic mass is 14.5. The summed E-state index contributed by atoms with van der Waals surface area (Å²) in [5.41, 5.74) is 14.9. The molecule has 238 valence electrons. The Morgan fingerprint density at radius 1 is 0.255 bits per heavy atom. The normalized spacial score (nSPS) is 12.9. The topological polar surface area (TPSA) is 0 Å². The van der Waals surface area contributed by atoms with E-state index < -0.39 is 5.41 Å². The summed E-state index contributed by atoms with van der Waals surface area (Å²) in [6.07, 6.45) is 0. The smallest absolute Gasteiger partial charge is 0.0622 e. The second-order valence-electron chi connectivity index (χ2n) is 13.6. The Hall–Kier alpha value is -6.50. The van der Waals surface area contributed by atoms with E-state index in [1.807, 2.05) is 0 Å². The maximum Gasteiger partial charge on any atom is 0.0713 e. The van der Waals surface area contributed by atoms with Crippen LogP contribution in [-0.2, 0) is 5.41 Å². The molecule has 9 aromatic carbocycles. The van der Waals surface area contributed by atoms with E-state index >= 15 is 0 Å². The van der Waals surface area contributed by atoms with Gasteiger partial charge in [0.15, 0.2) is 0 Å². The third kappa shape index (κ3) is 4.47. The maximum absolute atomic E-state index is 2.38. The number of benzene rings is 9. The summed E-state index contributed by atoms with van der Waals surface area (Å²) in [5, 5.41) is 5.05. The van der Waals surface area contributed by atoms with E-state index in [-0.39, 0.29) is 0 Å². The van der Waals surface area contributed by atoms with Gasteiger partial charge in [0.1, 0.15) is 0 Å². The summed E-state index contributed by atoms with van der Waals surface area (Å²) in [5.74, 6) is 0. The minimum Gasteiger partial charge on any atom is -0.0622 e. The number of fused-ring (bicyclic) bond motifs is 5. The monoisotopic (exact) mass is 646 g/mol. The van der Waals surface area contributed by atoms with Gasteiger partial charge in [-0.15, -0.1) is 0 Å². The molecule has 9 aromatic rings. The maximum atomic E-state index is 2.38. The van der Waals surface area contributed by atoms with Crippen LogP contribution in [0.25, 0.3) is 66.1 Å². The third-order valence-corrected chi connectivity index (χ3v) is 11.0. The number of hydrogen-bond acceptors (Lipinski definition) is 0. The Balaban J connectivity index is 1.19. The molecule has 0 unspecified atom stereocenters. The van der Waals surface area contributed by atoms with Gasteiger partial charge in [0, 0.05) is 0 Å². The molecule has 0 fully saturated rings. The molecule has 0 spiro atoms. The van der Waals surface area contributed by atoms with Gasteiger partial charge in [-0.25, -0.2) is 0 Å². The van der Waals surface area contributed by atoms with Crippen molar-refractivity contribution in [3.8, 4) is 44.5 Å². The van der Waals surface area contributed by atoms with E-state index in [0.29, 0.717) is 0 Å². The first-order chi connectivity index (χ1) is 25.3. The quantitative estimate of drug-likeness (QED) is 0.163. The van der Waals surface area contributed by atoms with Gasteiger partial charge in [0.2, 0.25) is 0 Å². The van der Waals surface area contributed by atoms with Crippen LogP contribution in [0.2, 0.25) is 0 Å². The molecular weight excluding hydrogens is 613 g/mol. The van der Waals surface area contributed by atoms with Crippen LogP contribution in [0.1, 0.15) is 22.3 Å². The van der Waals surface area contributed by atoms with E-state index in [4.69, 9.17) is 0 Å². The van der Waals surface area contributed by atoms with Crippen LogP contribution in [0.15, 0.2) is 206 Å². The van der Waals surface area contributed by atoms with Gasteiger partial charge in [0.05, 0.1) is 5.41 Å². The predicted molar refractivity (Wildman–Crippen MR) is 215 cm³/mol. The second-order valence-corrected chi connectivity index (χ2v) is 13.6. The summed E-state index contributed by atoms with van der Waals surface area (Å²) in [6, 6.07) is 76.0. The van der Waals surface area contributed by atoms with Gasteiger partial charge in [0.25, 0.3) is 0 Å². The van der Waals surface area contributed by atoms with Crippen molar-refractivity contribution >= 4 is 21.5 Å². The van der Waals surface area contributed by atoms with Crippen molar-refractivity contribution in [1.29, 1.82) is 0 Å². The Bertz CT molecular complexity index is 2620. The molecule has 0 aromatic heterocycles. The highest BCUT2D eigenvalue weighted by Crippen LogP contribution is 2.56. The van der Waals surface area contributed by atoms with Crippen molar-refractivity contribution in [2.75, 3.05) is 0 Å². The Labute approximate surface area is 298 Å². The lowest BCUT2D eigenvalue weighted by Gasteiger charge is -2.34. The van der Waals surface area contributed by atoms with Crippen LogP contribution in [0, 0.1) is 0 Å². The largest absolute Gasteiger partial charge is 0.0713 e. The van der Waals surface area contributed by atoms with Crippen LogP contribution in [0.3, 0.4) is 0 Å². The molecule has 0 bridgehead atoms. The zero-order valence-electron chi connectivity index (χ0n) is 28.1. The molecule has 1 aliphatic rings. The first-order valence-electron chi connectivity index (χ1n) is 17.8. The fourth-order valence-electron chi connectivity index (χ4n) is 8.83. The van der Waals surface area contributed by atoms with Crippen LogP contribution < -0.4 is 0 Å². The molecule has 0 amide bonds. The molecule has 0 atom stereocenters. The fraction of sp³-hybridized carbons (Fsp3) is 0.0196. The molecular formula is C51H34. The summed E-state index contributed by atoms with van der Waals surface area (Å²) >= 11 is 0. The Kier molecular flexibility index (Phi) is 6.82. The standard InChI is InChI=1S/C51H34/c1-3-16-35(17-4-1)37-18-15-19-38(34-37)50-45-26-9-7-24-43(45)49(44-25-8-10-27-46(44)50)36-30-32-40(33-31-36)51(39-20-5-2-6-21-39)47-28-13-11-22-41(47)42-23-12-14-29-48(42)51/h1-34H. The molecule has 0 nitrogen and oxygen atoms in total. The van der Waals surface area contributed by atoms with Gasteiger partial charge in [-0.2, -0.15) is 0 Å². The molecule has 0 heterocycles. The highest BCUT2D eigenvalue weighted by Gasteiger charge is 2.45. The minimum absolute atomic E-state index is 0.412. The van der Waals surface area contributed by atoms with E-state index in [2.05, 4.69) is 206 Å². The van der Waals surface area contributed by atoms with Crippen molar-refractivity contribution in [1.82, 2.24) is 0 Å². The average Bonchev–Trinajstić information content (AvgIpc) is 3.52. The number of hydrogen-bond donors (Lipinski definition) is 0. The van der Waals surface area contributed by atoms with E-state index in [9.17, 15) is 0 Å². The van der Waals surface area contributed by atoms with Crippen molar-refractivity contribution in [2.24, 2.45) is 0 Å².